The molecule has 1 saturated carbocycles. The molecule has 0 spiro atoms. The second-order valence-electron chi connectivity index (χ2n) is 9.00. The lowest BCUT2D eigenvalue weighted by atomic mass is 9.64. The van der Waals surface area contributed by atoms with Gasteiger partial charge in [-0.2, -0.15) is 0 Å². The Morgan fingerprint density at radius 3 is 2.73 bits per heavy atom. The van der Waals surface area contributed by atoms with E-state index in [9.17, 15) is 4.79 Å². The number of nitrogens with zero attached hydrogens (tertiary/aromatic N) is 3. The maximum Gasteiger partial charge on any atom is 0.258 e. The topological polar surface area (TPSA) is 50.2 Å². The van der Waals surface area contributed by atoms with E-state index in [0.29, 0.717) is 11.9 Å². The second-order valence-corrected chi connectivity index (χ2v) is 9.00. The van der Waals surface area contributed by atoms with Crippen LogP contribution in [0.3, 0.4) is 0 Å². The zero-order valence-electron chi connectivity index (χ0n) is 18.1. The normalized spacial score (nSPS) is 23.4. The van der Waals surface area contributed by atoms with Gasteiger partial charge in [0.2, 0.25) is 5.95 Å². The summed E-state index contributed by atoms with van der Waals surface area (Å²) in [4.78, 5) is 19.8. The van der Waals surface area contributed by atoms with Crippen LogP contribution in [0.2, 0.25) is 0 Å². The molecule has 2 fully saturated rings. The van der Waals surface area contributed by atoms with E-state index >= 15 is 0 Å². The van der Waals surface area contributed by atoms with Crippen LogP contribution >= 0.6 is 0 Å². The van der Waals surface area contributed by atoms with Crippen LogP contribution < -0.4 is 10.9 Å². The smallest absolute Gasteiger partial charge is 0.258 e. The zero-order valence-corrected chi connectivity index (χ0v) is 18.1. The van der Waals surface area contributed by atoms with Crippen LogP contribution in [0.1, 0.15) is 29.2 Å². The maximum atomic E-state index is 12.7. The van der Waals surface area contributed by atoms with Crippen molar-refractivity contribution in [3.8, 4) is 0 Å². The molecule has 2 aliphatic rings. The summed E-state index contributed by atoms with van der Waals surface area (Å²) in [6, 6.07) is 15.6. The highest BCUT2D eigenvalue weighted by molar-refractivity contribution is 5.83. The fraction of sp³-hybridized carbons (Fsp3) is 0.440. The minimum Gasteiger partial charge on any atom is -0.359 e. The number of rotatable bonds is 5. The van der Waals surface area contributed by atoms with Crippen molar-refractivity contribution in [2.75, 3.05) is 32.0 Å². The maximum absolute atomic E-state index is 12.7. The van der Waals surface area contributed by atoms with Crippen molar-refractivity contribution in [3.63, 3.8) is 0 Å². The van der Waals surface area contributed by atoms with Gasteiger partial charge in [-0.1, -0.05) is 42.5 Å². The Hall–Kier alpha value is -2.66. The van der Waals surface area contributed by atoms with Crippen LogP contribution in [0.4, 0.5) is 5.95 Å². The van der Waals surface area contributed by atoms with Crippen LogP contribution in [0.15, 0.2) is 47.3 Å². The van der Waals surface area contributed by atoms with Gasteiger partial charge < -0.3 is 10.2 Å². The minimum absolute atomic E-state index is 0.0723. The standard InChI is InChI=1S/C25H30N4O/c1-16-21(24(30)28(3)25(26-2)27-16)10-11-29-14-20-13-22(23(20)15-29)19-9-8-17-6-4-5-7-18(17)12-19/h4-9,12,20,22-23H,10-11,13-15H2,1-3H3,(H,26,27)/t20-,22-,23+/m0/s1. The van der Waals surface area contributed by atoms with Gasteiger partial charge in [0.1, 0.15) is 0 Å². The number of fused-ring (bicyclic) bond motifs is 2. The number of likely N-dealkylation sites (tertiary alicyclic amines) is 1. The first kappa shape index (κ1) is 19.3. The first-order valence-corrected chi connectivity index (χ1v) is 11.0. The highest BCUT2D eigenvalue weighted by atomic mass is 16.1. The lowest BCUT2D eigenvalue weighted by Crippen LogP contribution is -2.33. The van der Waals surface area contributed by atoms with Gasteiger partial charge in [0.25, 0.3) is 5.56 Å². The predicted octanol–water partition coefficient (Wildman–Crippen LogP) is 3.56. The first-order valence-electron chi connectivity index (χ1n) is 11.0. The van der Waals surface area contributed by atoms with Crippen LogP contribution in [0.5, 0.6) is 0 Å². The summed E-state index contributed by atoms with van der Waals surface area (Å²) >= 11 is 0. The van der Waals surface area contributed by atoms with Gasteiger partial charge in [0, 0.05) is 45.0 Å². The summed E-state index contributed by atoms with van der Waals surface area (Å²) in [6.45, 7) is 5.19. The third-order valence-corrected chi connectivity index (χ3v) is 7.33. The van der Waals surface area contributed by atoms with Crippen molar-refractivity contribution in [3.05, 3.63) is 69.6 Å². The molecule has 2 aromatic carbocycles. The molecule has 1 saturated heterocycles. The lowest BCUT2D eigenvalue weighted by Gasteiger charge is -2.40. The number of aromatic nitrogens is 2. The average molecular weight is 403 g/mol. The molecule has 5 nitrogen and oxygen atoms in total. The van der Waals surface area contributed by atoms with E-state index in [4.69, 9.17) is 0 Å². The van der Waals surface area contributed by atoms with E-state index in [1.54, 1.807) is 18.7 Å². The fourth-order valence-corrected chi connectivity index (χ4v) is 5.54. The number of nitrogens with one attached hydrogen (secondary N) is 1. The van der Waals surface area contributed by atoms with Crippen molar-refractivity contribution in [2.45, 2.75) is 25.7 Å². The molecule has 1 N–H and O–H groups in total. The third-order valence-electron chi connectivity index (χ3n) is 7.33. The first-order chi connectivity index (χ1) is 14.5. The Balaban J connectivity index is 1.26. The molecule has 30 heavy (non-hydrogen) atoms. The molecule has 3 aromatic rings. The zero-order chi connectivity index (χ0) is 20.8. The molecule has 2 heterocycles. The predicted molar refractivity (Wildman–Crippen MR) is 122 cm³/mol. The molecule has 5 rings (SSSR count). The SMILES string of the molecule is CNc1nc(C)c(CCN2C[C@@H]3C[C@@H](c4ccc5ccccc5c4)[C@@H]3C2)c(=O)n1C. The minimum atomic E-state index is 0.0723. The van der Waals surface area contributed by atoms with Gasteiger partial charge in [-0.05, 0) is 53.9 Å². The van der Waals surface area contributed by atoms with Gasteiger partial charge in [-0.15, -0.1) is 0 Å². The molecule has 5 heteroatoms. The number of benzene rings is 2. The van der Waals surface area contributed by atoms with E-state index in [-0.39, 0.29) is 5.56 Å². The van der Waals surface area contributed by atoms with E-state index < -0.39 is 0 Å². The van der Waals surface area contributed by atoms with Crippen molar-refractivity contribution < 1.29 is 0 Å². The lowest BCUT2D eigenvalue weighted by molar-refractivity contribution is 0.191. The van der Waals surface area contributed by atoms with Gasteiger partial charge >= 0.3 is 0 Å². The van der Waals surface area contributed by atoms with Crippen LogP contribution in [-0.2, 0) is 13.5 Å². The van der Waals surface area contributed by atoms with Crippen LogP contribution in [0.25, 0.3) is 10.8 Å². The summed E-state index contributed by atoms with van der Waals surface area (Å²) in [5.41, 5.74) is 3.26. The molecule has 3 atom stereocenters. The molecule has 0 unspecified atom stereocenters. The van der Waals surface area contributed by atoms with Crippen molar-refractivity contribution in [1.29, 1.82) is 0 Å². The number of anilines is 1. The fourth-order valence-electron chi connectivity index (χ4n) is 5.54. The van der Waals surface area contributed by atoms with Gasteiger partial charge in [0.05, 0.1) is 0 Å². The third kappa shape index (κ3) is 3.21. The van der Waals surface area contributed by atoms with Gasteiger partial charge in [-0.3, -0.25) is 9.36 Å². The van der Waals surface area contributed by atoms with Crippen LogP contribution in [0, 0.1) is 18.8 Å². The Labute approximate surface area is 177 Å². The summed E-state index contributed by atoms with van der Waals surface area (Å²) in [7, 11) is 3.58. The van der Waals surface area contributed by atoms with Crippen molar-refractivity contribution >= 4 is 16.7 Å². The quantitative estimate of drug-likeness (QED) is 0.709. The van der Waals surface area contributed by atoms with Crippen molar-refractivity contribution in [1.82, 2.24) is 14.5 Å². The molecular formula is C25H30N4O. The number of hydrogen-bond acceptors (Lipinski definition) is 4. The van der Waals surface area contributed by atoms with Crippen LogP contribution in [-0.4, -0.2) is 41.1 Å². The van der Waals surface area contributed by atoms with Gasteiger partial charge in [0.15, 0.2) is 0 Å². The number of hydrogen-bond donors (Lipinski definition) is 1. The molecule has 1 aliphatic carbocycles. The molecule has 0 bridgehead atoms. The Kier molecular flexibility index (Phi) is 4.86. The largest absolute Gasteiger partial charge is 0.359 e. The Morgan fingerprint density at radius 1 is 1.13 bits per heavy atom. The highest BCUT2D eigenvalue weighted by Gasteiger charge is 2.47. The summed E-state index contributed by atoms with van der Waals surface area (Å²) in [5, 5.41) is 5.66. The monoisotopic (exact) mass is 402 g/mol. The van der Waals surface area contributed by atoms with E-state index in [1.165, 1.54) is 22.8 Å². The molecule has 1 aliphatic heterocycles. The Morgan fingerprint density at radius 2 is 1.93 bits per heavy atom. The molecule has 1 aromatic heterocycles. The molecule has 0 radical (unpaired) electrons. The summed E-state index contributed by atoms with van der Waals surface area (Å²) < 4.78 is 1.62. The molecule has 0 amide bonds. The molecule has 156 valence electrons. The summed E-state index contributed by atoms with van der Waals surface area (Å²) in [5.74, 6) is 2.85. The van der Waals surface area contributed by atoms with E-state index in [1.807, 2.05) is 6.92 Å². The highest BCUT2D eigenvalue weighted by Crippen LogP contribution is 2.51. The van der Waals surface area contributed by atoms with Crippen molar-refractivity contribution in [2.24, 2.45) is 18.9 Å². The van der Waals surface area contributed by atoms with E-state index in [0.717, 1.165) is 49.1 Å². The number of aryl methyl sites for hydroxylation is 1. The summed E-state index contributed by atoms with van der Waals surface area (Å²) in [6.07, 6.45) is 2.06. The van der Waals surface area contributed by atoms with E-state index in [2.05, 4.69) is 57.7 Å². The average Bonchev–Trinajstić information content (AvgIpc) is 3.06. The Bertz CT molecular complexity index is 1150. The molecular weight excluding hydrogens is 372 g/mol. The second kappa shape index (κ2) is 7.55. The van der Waals surface area contributed by atoms with Gasteiger partial charge in [-0.25, -0.2) is 4.98 Å².